The van der Waals surface area contributed by atoms with Crippen LogP contribution in [-0.2, 0) is 0 Å². The number of fused-ring (bicyclic) bond motifs is 10. The Kier molecular flexibility index (Phi) is 4.31. The fourth-order valence-corrected chi connectivity index (χ4v) is 7.73. The van der Waals surface area contributed by atoms with E-state index < -0.39 is 24.2 Å². The first kappa shape index (κ1) is 20.7. The number of hydrogen-bond acceptors (Lipinski definition) is 2. The first-order valence-electron chi connectivity index (χ1n) is 20.4. The molecule has 50 heavy (non-hydrogen) atoms. The predicted octanol–water partition coefficient (Wildman–Crippen LogP) is 13.9. The Hall–Kier alpha value is -6.64. The zero-order valence-electron chi connectivity index (χ0n) is 34.4. The number of hydrogen-bond donors (Lipinski definition) is 0. The topological polar surface area (TPSA) is 26.3 Å². The average Bonchev–Trinajstić information content (AvgIpc) is 3.83. The monoisotopic (exact) mass is 644 g/mol. The standard InChI is InChI=1S/C48H28O2/c1-2-14-32-29(12-1)13-11-21-33(32)30-24-26-31(27-25-30)44-35-16-3-5-18-37(35)45(38-19-6-4-17-36(38)44)41-28-40-34-15-7-9-22-42(34)49-47(40)46-39-20-8-10-23-43(39)50-48(41)46/h1-28H/i3D,4D,5D,6D,16D,17D,18D,19D. The van der Waals surface area contributed by atoms with Crippen LogP contribution in [-0.4, -0.2) is 0 Å². The van der Waals surface area contributed by atoms with E-state index in [0.717, 1.165) is 38.1 Å². The Morgan fingerprint density at radius 2 is 0.920 bits per heavy atom. The molecule has 0 fully saturated rings. The molecule has 2 heterocycles. The van der Waals surface area contributed by atoms with Gasteiger partial charge in [-0.05, 0) is 72.8 Å². The molecule has 2 nitrogen and oxygen atoms in total. The zero-order chi connectivity index (χ0) is 39.7. The Morgan fingerprint density at radius 3 is 1.64 bits per heavy atom. The molecule has 0 bridgehead atoms. The summed E-state index contributed by atoms with van der Waals surface area (Å²) < 4.78 is 86.9. The Bertz CT molecular complexity index is 3520. The van der Waals surface area contributed by atoms with E-state index in [1.807, 2.05) is 103 Å². The summed E-state index contributed by atoms with van der Waals surface area (Å²) in [5.41, 5.74) is 5.52. The lowest BCUT2D eigenvalue weighted by molar-refractivity contribution is 0.663. The van der Waals surface area contributed by atoms with Crippen LogP contribution in [0, 0.1) is 0 Å². The fourth-order valence-electron chi connectivity index (χ4n) is 7.73. The second-order valence-electron chi connectivity index (χ2n) is 12.6. The average molecular weight is 645 g/mol. The molecule has 0 unspecified atom stereocenters. The van der Waals surface area contributed by atoms with Gasteiger partial charge in [-0.15, -0.1) is 0 Å². The van der Waals surface area contributed by atoms with Crippen LogP contribution in [0.3, 0.4) is 0 Å². The quantitative estimate of drug-likeness (QED) is 0.179. The SMILES string of the molecule is [2H]c1c([2H])c([2H])c2c(-c3cc4c5ccccc5oc4c4c3oc3ccccc34)c3c([2H])c([2H])c([2H])c([2H])c3c(-c3ccc(-c4cccc5ccccc45)cc3)c2c1[2H]. The molecule has 11 aromatic rings. The molecular formula is C48H28O2. The van der Waals surface area contributed by atoms with Gasteiger partial charge in [0.15, 0.2) is 0 Å². The molecule has 0 N–H and O–H groups in total. The summed E-state index contributed by atoms with van der Waals surface area (Å²) in [5.74, 6) is 0. The van der Waals surface area contributed by atoms with E-state index in [2.05, 4.69) is 18.2 Å². The van der Waals surface area contributed by atoms with Gasteiger partial charge in [-0.25, -0.2) is 0 Å². The molecule has 0 aliphatic carbocycles. The molecule has 11 rings (SSSR count). The van der Waals surface area contributed by atoms with E-state index in [9.17, 15) is 5.48 Å². The minimum absolute atomic E-state index is 0.116. The van der Waals surface area contributed by atoms with Crippen molar-refractivity contribution in [3.8, 4) is 33.4 Å². The molecule has 2 aromatic heterocycles. The highest BCUT2D eigenvalue weighted by atomic mass is 16.3. The lowest BCUT2D eigenvalue weighted by Gasteiger charge is -2.18. The maximum atomic E-state index is 9.54. The summed E-state index contributed by atoms with van der Waals surface area (Å²) >= 11 is 0. The molecule has 0 aliphatic heterocycles. The lowest BCUT2D eigenvalue weighted by atomic mass is 9.85. The van der Waals surface area contributed by atoms with Crippen molar-refractivity contribution in [2.45, 2.75) is 0 Å². The van der Waals surface area contributed by atoms with Crippen molar-refractivity contribution in [3.05, 3.63) is 170 Å². The number of rotatable bonds is 3. The van der Waals surface area contributed by atoms with Gasteiger partial charge in [0.2, 0.25) is 0 Å². The minimum Gasteiger partial charge on any atom is -0.455 e. The highest BCUT2D eigenvalue weighted by Crippen LogP contribution is 2.49. The van der Waals surface area contributed by atoms with Gasteiger partial charge in [-0.1, -0.05) is 151 Å². The molecule has 0 saturated heterocycles. The lowest BCUT2D eigenvalue weighted by Crippen LogP contribution is -1.91. The molecule has 2 heteroatoms. The van der Waals surface area contributed by atoms with Crippen LogP contribution >= 0.6 is 0 Å². The van der Waals surface area contributed by atoms with E-state index in [-0.39, 0.29) is 56.8 Å². The van der Waals surface area contributed by atoms with E-state index in [1.54, 1.807) is 0 Å². The van der Waals surface area contributed by atoms with E-state index in [4.69, 9.17) is 14.3 Å². The highest BCUT2D eigenvalue weighted by Gasteiger charge is 2.24. The Balaban J connectivity index is 1.34. The second-order valence-corrected chi connectivity index (χ2v) is 12.6. The van der Waals surface area contributed by atoms with Crippen molar-refractivity contribution >= 4 is 76.2 Å². The summed E-state index contributed by atoms with van der Waals surface area (Å²) in [5, 5.41) is 5.61. The molecule has 0 amide bonds. The summed E-state index contributed by atoms with van der Waals surface area (Å²) in [6, 6.07) is 35.6. The number of benzene rings is 9. The molecule has 0 aliphatic rings. The molecular weight excluding hydrogens is 609 g/mol. The van der Waals surface area contributed by atoms with Crippen LogP contribution < -0.4 is 0 Å². The van der Waals surface area contributed by atoms with Crippen LogP contribution in [0.5, 0.6) is 0 Å². The van der Waals surface area contributed by atoms with Gasteiger partial charge >= 0.3 is 0 Å². The first-order valence-corrected chi connectivity index (χ1v) is 16.4. The molecule has 9 aromatic carbocycles. The van der Waals surface area contributed by atoms with Crippen molar-refractivity contribution < 1.29 is 19.8 Å². The van der Waals surface area contributed by atoms with Crippen molar-refractivity contribution in [1.29, 1.82) is 0 Å². The van der Waals surface area contributed by atoms with E-state index in [1.165, 1.54) is 0 Å². The highest BCUT2D eigenvalue weighted by molar-refractivity contribution is 6.29. The van der Waals surface area contributed by atoms with Crippen LogP contribution in [0.25, 0.3) is 110 Å². The number of furan rings is 2. The van der Waals surface area contributed by atoms with Crippen molar-refractivity contribution in [2.24, 2.45) is 0 Å². The predicted molar refractivity (Wildman–Crippen MR) is 210 cm³/mol. The largest absolute Gasteiger partial charge is 0.455 e. The number of para-hydroxylation sites is 2. The van der Waals surface area contributed by atoms with Crippen molar-refractivity contribution in [1.82, 2.24) is 0 Å². The van der Waals surface area contributed by atoms with Crippen LogP contribution in [0.4, 0.5) is 0 Å². The minimum atomic E-state index is -0.466. The molecule has 0 spiro atoms. The van der Waals surface area contributed by atoms with E-state index in [0.29, 0.717) is 38.8 Å². The van der Waals surface area contributed by atoms with Crippen LogP contribution in [0.15, 0.2) is 179 Å². The van der Waals surface area contributed by atoms with Gasteiger partial charge in [-0.2, -0.15) is 0 Å². The Morgan fingerprint density at radius 1 is 0.380 bits per heavy atom. The first-order chi connectivity index (χ1) is 28.1. The van der Waals surface area contributed by atoms with Gasteiger partial charge in [0, 0.05) is 27.3 Å². The third-order valence-electron chi connectivity index (χ3n) is 9.91. The van der Waals surface area contributed by atoms with Gasteiger partial charge in [0.1, 0.15) is 22.3 Å². The summed E-state index contributed by atoms with van der Waals surface area (Å²) in [7, 11) is 0. The van der Waals surface area contributed by atoms with Crippen LogP contribution in [0.1, 0.15) is 11.0 Å². The smallest absolute Gasteiger partial charge is 0.147 e. The van der Waals surface area contributed by atoms with Crippen molar-refractivity contribution in [2.75, 3.05) is 0 Å². The zero-order valence-corrected chi connectivity index (χ0v) is 26.4. The van der Waals surface area contributed by atoms with Gasteiger partial charge < -0.3 is 8.83 Å². The molecule has 0 radical (unpaired) electrons. The third kappa shape index (κ3) is 3.85. The van der Waals surface area contributed by atoms with Gasteiger partial charge in [0.05, 0.1) is 16.4 Å². The van der Waals surface area contributed by atoms with Gasteiger partial charge in [-0.3, -0.25) is 0 Å². The molecule has 232 valence electrons. The summed E-state index contributed by atoms with van der Waals surface area (Å²) in [6.07, 6.45) is 0. The fraction of sp³-hybridized carbons (Fsp3) is 0. The van der Waals surface area contributed by atoms with E-state index >= 15 is 0 Å². The maximum Gasteiger partial charge on any atom is 0.147 e. The van der Waals surface area contributed by atoms with Gasteiger partial charge in [0.25, 0.3) is 0 Å². The summed E-state index contributed by atoms with van der Waals surface area (Å²) in [4.78, 5) is 0. The maximum absolute atomic E-state index is 9.54. The Labute approximate surface area is 298 Å². The van der Waals surface area contributed by atoms with Crippen LogP contribution in [0.2, 0.25) is 0 Å². The second kappa shape index (κ2) is 10.4. The van der Waals surface area contributed by atoms with Crippen molar-refractivity contribution in [3.63, 3.8) is 0 Å². The molecule has 0 atom stereocenters. The molecule has 0 saturated carbocycles. The normalized spacial score (nSPS) is 14.2. The summed E-state index contributed by atoms with van der Waals surface area (Å²) in [6.45, 7) is 0. The third-order valence-corrected chi connectivity index (χ3v) is 9.91.